The van der Waals surface area contributed by atoms with Crippen LogP contribution in [0.4, 0.5) is 4.39 Å². The number of halogens is 1. The molecule has 3 nitrogen and oxygen atoms in total. The molecule has 1 atom stereocenters. The summed E-state index contributed by atoms with van der Waals surface area (Å²) >= 11 is 1.71. The van der Waals surface area contributed by atoms with Gasteiger partial charge in [-0.05, 0) is 55.6 Å². The molecule has 1 aliphatic rings. The Labute approximate surface area is 133 Å². The minimum absolute atomic E-state index is 0.208. The zero-order chi connectivity index (χ0) is 15.4. The highest BCUT2D eigenvalue weighted by Gasteiger charge is 2.24. The average Bonchev–Trinajstić information content (AvgIpc) is 3.21. The highest BCUT2D eigenvalue weighted by molar-refractivity contribution is 7.10. The number of carbonyl (C=O) groups is 1. The van der Waals surface area contributed by atoms with Crippen molar-refractivity contribution < 1.29 is 9.18 Å². The van der Waals surface area contributed by atoms with Crippen molar-refractivity contribution in [2.75, 3.05) is 19.6 Å². The number of likely N-dealkylation sites (tertiary alicyclic amines) is 1. The van der Waals surface area contributed by atoms with Gasteiger partial charge in [0.05, 0.1) is 6.04 Å². The molecule has 1 aliphatic heterocycles. The minimum atomic E-state index is -0.387. The first-order valence-electron chi connectivity index (χ1n) is 7.55. The zero-order valence-corrected chi connectivity index (χ0v) is 13.1. The Morgan fingerprint density at radius 2 is 2.09 bits per heavy atom. The number of benzene rings is 1. The summed E-state index contributed by atoms with van der Waals surface area (Å²) in [6.45, 7) is 2.69. The maximum Gasteiger partial charge on any atom is 0.251 e. The lowest BCUT2D eigenvalue weighted by molar-refractivity contribution is 0.0938. The van der Waals surface area contributed by atoms with E-state index in [4.69, 9.17) is 0 Å². The maximum atomic E-state index is 13.2. The monoisotopic (exact) mass is 318 g/mol. The summed E-state index contributed by atoms with van der Waals surface area (Å²) in [7, 11) is 0. The predicted octanol–water partition coefficient (Wildman–Crippen LogP) is 3.45. The van der Waals surface area contributed by atoms with Crippen molar-refractivity contribution in [3.05, 3.63) is 58.0 Å². The van der Waals surface area contributed by atoms with Gasteiger partial charge in [-0.25, -0.2) is 4.39 Å². The van der Waals surface area contributed by atoms with Gasteiger partial charge < -0.3 is 5.32 Å². The summed E-state index contributed by atoms with van der Waals surface area (Å²) < 4.78 is 13.2. The van der Waals surface area contributed by atoms with Crippen molar-refractivity contribution in [1.82, 2.24) is 10.2 Å². The number of nitrogens with one attached hydrogen (secondary N) is 1. The van der Waals surface area contributed by atoms with Crippen molar-refractivity contribution in [1.29, 1.82) is 0 Å². The van der Waals surface area contributed by atoms with Crippen LogP contribution in [0.2, 0.25) is 0 Å². The van der Waals surface area contributed by atoms with Crippen LogP contribution in [0, 0.1) is 5.82 Å². The molecule has 1 fully saturated rings. The average molecular weight is 318 g/mol. The van der Waals surface area contributed by atoms with Crippen LogP contribution in [0.1, 0.15) is 34.1 Å². The minimum Gasteiger partial charge on any atom is -0.350 e. The van der Waals surface area contributed by atoms with Crippen LogP contribution in [-0.4, -0.2) is 30.4 Å². The Bertz CT molecular complexity index is 623. The van der Waals surface area contributed by atoms with E-state index in [-0.39, 0.29) is 17.8 Å². The third kappa shape index (κ3) is 3.54. The quantitative estimate of drug-likeness (QED) is 0.916. The normalized spacial score (nSPS) is 16.6. The fourth-order valence-electron chi connectivity index (χ4n) is 2.86. The van der Waals surface area contributed by atoms with E-state index in [0.29, 0.717) is 12.1 Å². The first kappa shape index (κ1) is 15.2. The summed E-state index contributed by atoms with van der Waals surface area (Å²) in [6, 6.07) is 10.2. The van der Waals surface area contributed by atoms with E-state index in [1.165, 1.54) is 29.9 Å². The van der Waals surface area contributed by atoms with Crippen molar-refractivity contribution in [2.45, 2.75) is 18.9 Å². The van der Waals surface area contributed by atoms with Crippen molar-refractivity contribution in [3.8, 4) is 0 Å². The molecule has 0 spiro atoms. The third-order valence-electron chi connectivity index (χ3n) is 4.00. The van der Waals surface area contributed by atoms with Crippen LogP contribution in [0.3, 0.4) is 0 Å². The van der Waals surface area contributed by atoms with E-state index in [1.54, 1.807) is 23.5 Å². The number of hydrogen-bond acceptors (Lipinski definition) is 3. The Morgan fingerprint density at radius 1 is 1.27 bits per heavy atom. The van der Waals surface area contributed by atoms with Crippen LogP contribution in [0.25, 0.3) is 0 Å². The number of nitrogens with zero attached hydrogens (tertiary/aromatic N) is 1. The van der Waals surface area contributed by atoms with Gasteiger partial charge in [0.1, 0.15) is 5.82 Å². The van der Waals surface area contributed by atoms with Gasteiger partial charge in [-0.2, -0.15) is 0 Å². The number of thiophene rings is 1. The second-order valence-electron chi connectivity index (χ2n) is 5.49. The zero-order valence-electron chi connectivity index (χ0n) is 12.3. The second-order valence-corrected chi connectivity index (χ2v) is 6.47. The van der Waals surface area contributed by atoms with Gasteiger partial charge in [0.25, 0.3) is 5.91 Å². The summed E-state index contributed by atoms with van der Waals surface area (Å²) in [5.74, 6) is -0.609. The van der Waals surface area contributed by atoms with E-state index in [2.05, 4.69) is 21.7 Å². The lowest BCUT2D eigenvalue weighted by atomic mass is 10.1. The van der Waals surface area contributed by atoms with Crippen LogP contribution in [0.5, 0.6) is 0 Å². The van der Waals surface area contributed by atoms with E-state index in [1.807, 2.05) is 6.07 Å². The van der Waals surface area contributed by atoms with Crippen molar-refractivity contribution in [3.63, 3.8) is 0 Å². The molecule has 1 N–H and O–H groups in total. The topological polar surface area (TPSA) is 32.3 Å². The molecule has 1 saturated heterocycles. The Balaban J connectivity index is 1.67. The lowest BCUT2D eigenvalue weighted by Crippen LogP contribution is -2.36. The maximum absolute atomic E-state index is 13.2. The molecular formula is C17H19FN2OS. The summed E-state index contributed by atoms with van der Waals surface area (Å²) in [6.07, 6.45) is 2.42. The van der Waals surface area contributed by atoms with E-state index < -0.39 is 0 Å². The molecule has 0 aliphatic carbocycles. The van der Waals surface area contributed by atoms with E-state index >= 15 is 0 Å². The first-order chi connectivity index (χ1) is 10.7. The lowest BCUT2D eigenvalue weighted by Gasteiger charge is -2.26. The summed E-state index contributed by atoms with van der Waals surface area (Å²) in [4.78, 5) is 15.9. The molecule has 1 amide bonds. The van der Waals surface area contributed by atoms with Gasteiger partial charge >= 0.3 is 0 Å². The molecule has 3 rings (SSSR count). The van der Waals surface area contributed by atoms with Crippen molar-refractivity contribution in [2.24, 2.45) is 0 Å². The molecule has 0 saturated carbocycles. The molecule has 22 heavy (non-hydrogen) atoms. The standard InChI is InChI=1S/C17H19FN2OS/c18-14-6-3-5-13(11-14)17(21)19-12-15(16-7-4-10-22-16)20-8-1-2-9-20/h3-7,10-11,15H,1-2,8-9,12H2,(H,19,21)/t15-/m0/s1. The van der Waals surface area contributed by atoms with Gasteiger partial charge in [-0.1, -0.05) is 12.1 Å². The molecule has 116 valence electrons. The van der Waals surface area contributed by atoms with E-state index in [9.17, 15) is 9.18 Å². The van der Waals surface area contributed by atoms with Crippen molar-refractivity contribution >= 4 is 17.2 Å². The molecule has 2 heterocycles. The largest absolute Gasteiger partial charge is 0.350 e. The number of hydrogen-bond donors (Lipinski definition) is 1. The number of carbonyl (C=O) groups excluding carboxylic acids is 1. The second kappa shape index (κ2) is 7.03. The fourth-order valence-corrected chi connectivity index (χ4v) is 3.73. The Hall–Kier alpha value is -1.72. The van der Waals surface area contributed by atoms with Crippen LogP contribution in [-0.2, 0) is 0 Å². The predicted molar refractivity (Wildman–Crippen MR) is 86.6 cm³/mol. The van der Waals surface area contributed by atoms with Crippen LogP contribution in [0.15, 0.2) is 41.8 Å². The molecule has 0 bridgehead atoms. The van der Waals surface area contributed by atoms with Gasteiger partial charge in [-0.3, -0.25) is 9.69 Å². The summed E-state index contributed by atoms with van der Waals surface area (Å²) in [5.41, 5.74) is 0.367. The van der Waals surface area contributed by atoms with Crippen LogP contribution >= 0.6 is 11.3 Å². The van der Waals surface area contributed by atoms with Gasteiger partial charge in [0.15, 0.2) is 0 Å². The smallest absolute Gasteiger partial charge is 0.251 e. The molecule has 2 aromatic rings. The Morgan fingerprint density at radius 3 is 2.77 bits per heavy atom. The van der Waals surface area contributed by atoms with Gasteiger partial charge in [0.2, 0.25) is 0 Å². The molecule has 1 aromatic carbocycles. The third-order valence-corrected chi connectivity index (χ3v) is 4.97. The molecule has 0 unspecified atom stereocenters. The van der Waals surface area contributed by atoms with Gasteiger partial charge in [-0.15, -0.1) is 11.3 Å². The highest BCUT2D eigenvalue weighted by Crippen LogP contribution is 2.27. The van der Waals surface area contributed by atoms with E-state index in [0.717, 1.165) is 13.1 Å². The first-order valence-corrected chi connectivity index (χ1v) is 8.43. The van der Waals surface area contributed by atoms with Crippen LogP contribution < -0.4 is 5.32 Å². The Kier molecular flexibility index (Phi) is 4.85. The molecule has 0 radical (unpaired) electrons. The van der Waals surface area contributed by atoms with Gasteiger partial charge in [0, 0.05) is 17.0 Å². The highest BCUT2D eigenvalue weighted by atomic mass is 32.1. The number of amides is 1. The molecular weight excluding hydrogens is 299 g/mol. The molecule has 1 aromatic heterocycles. The number of rotatable bonds is 5. The fraction of sp³-hybridized carbons (Fsp3) is 0.353. The molecule has 5 heteroatoms. The summed E-state index contributed by atoms with van der Waals surface area (Å²) in [5, 5.41) is 5.01. The SMILES string of the molecule is O=C(NC[C@@H](c1cccs1)N1CCCC1)c1cccc(F)c1.